The molecule has 0 aromatic rings. The van der Waals surface area contributed by atoms with E-state index >= 15 is 0 Å². The molecule has 2 N–H and O–H groups in total. The summed E-state index contributed by atoms with van der Waals surface area (Å²) in [6.07, 6.45) is 0. The number of Topliss-reactive ketones (excluding diaryl/α,β-unsaturated/α-hetero) is 1. The van der Waals surface area contributed by atoms with E-state index in [4.69, 9.17) is 22.1 Å². The largest absolute Gasteiger partial charge is 0.510 e. The van der Waals surface area contributed by atoms with E-state index in [0.29, 0.717) is 0 Å². The van der Waals surface area contributed by atoms with Crippen molar-refractivity contribution in [1.82, 2.24) is 0 Å². The predicted molar refractivity (Wildman–Crippen MR) is 44.5 cm³/mol. The first-order valence-electron chi connectivity index (χ1n) is 3.05. The summed E-state index contributed by atoms with van der Waals surface area (Å²) in [4.78, 5) is 10.8. The molecule has 11 heavy (non-hydrogen) atoms. The molecule has 0 atom stereocenters. The van der Waals surface area contributed by atoms with Gasteiger partial charge in [0.2, 0.25) is 0 Å². The molecule has 0 aliphatic rings. The summed E-state index contributed by atoms with van der Waals surface area (Å²) in [6, 6.07) is 0. The number of ketones is 1. The average molecular weight is 176 g/mol. The van der Waals surface area contributed by atoms with Crippen LogP contribution in [-0.4, -0.2) is 22.5 Å². The Morgan fingerprint density at radius 2 is 2.00 bits per heavy atom. The first-order chi connectivity index (χ1) is 5.00. The summed E-state index contributed by atoms with van der Waals surface area (Å²) in [5.41, 5.74) is 0.0515. The number of alkyl halides is 1. The number of carbonyl (C=O) groups excluding carboxylic acids is 1. The molecule has 0 bridgehead atoms. The van der Waals surface area contributed by atoms with Crippen LogP contribution in [0.4, 0.5) is 0 Å². The molecule has 0 radical (unpaired) electrons. The number of rotatable bonds is 3. The van der Waals surface area contributed by atoms with Crippen molar-refractivity contribution in [2.24, 2.45) is 0 Å². The molecule has 0 saturated heterocycles. The van der Waals surface area contributed by atoms with Crippen LogP contribution in [0.25, 0.3) is 0 Å². The Hall–Kier alpha value is -0.830. The van der Waals surface area contributed by atoms with Crippen molar-refractivity contribution in [3.05, 3.63) is 11.3 Å². The highest BCUT2D eigenvalue weighted by Gasteiger charge is 2.11. The van der Waals surface area contributed by atoms with Crippen LogP contribution in [-0.2, 0) is 4.79 Å². The van der Waals surface area contributed by atoms with E-state index in [1.54, 1.807) is 0 Å². The normalized spacial score (nSPS) is 12.3. The Kier molecular flexibility index (Phi) is 3.82. The average Bonchev–Trinajstić information content (AvgIpc) is 1.85. The van der Waals surface area contributed by atoms with Crippen molar-refractivity contribution in [1.29, 1.82) is 5.41 Å². The zero-order chi connectivity index (χ0) is 9.02. The van der Waals surface area contributed by atoms with Gasteiger partial charge in [-0.1, -0.05) is 0 Å². The van der Waals surface area contributed by atoms with Crippen LogP contribution in [0.1, 0.15) is 13.8 Å². The molecule has 0 aromatic heterocycles. The maximum absolute atomic E-state index is 10.8. The minimum atomic E-state index is -0.337. The second-order valence-electron chi connectivity index (χ2n) is 2.14. The third-order valence-corrected chi connectivity index (χ3v) is 1.40. The molecule has 3 nitrogen and oxygen atoms in total. The van der Waals surface area contributed by atoms with Gasteiger partial charge in [0, 0.05) is 5.71 Å². The molecule has 0 spiro atoms. The Labute approximate surface area is 70.2 Å². The quantitative estimate of drug-likeness (QED) is 0.297. The van der Waals surface area contributed by atoms with Crippen LogP contribution in [0.3, 0.4) is 0 Å². The monoisotopic (exact) mass is 175 g/mol. The fraction of sp³-hybridized carbons (Fsp3) is 0.429. The number of aliphatic hydroxyl groups is 1. The number of allylic oxidation sites excluding steroid dienone is 2. The highest BCUT2D eigenvalue weighted by Crippen LogP contribution is 2.06. The zero-order valence-corrected chi connectivity index (χ0v) is 7.20. The van der Waals surface area contributed by atoms with E-state index in [-0.39, 0.29) is 28.7 Å². The van der Waals surface area contributed by atoms with Gasteiger partial charge in [-0.2, -0.15) is 0 Å². The first kappa shape index (κ1) is 10.2. The molecule has 0 amide bonds. The Morgan fingerprint density at radius 1 is 1.55 bits per heavy atom. The summed E-state index contributed by atoms with van der Waals surface area (Å²) in [7, 11) is 0. The minimum Gasteiger partial charge on any atom is -0.510 e. The highest BCUT2D eigenvalue weighted by atomic mass is 35.5. The molecule has 0 unspecified atom stereocenters. The van der Waals surface area contributed by atoms with Crippen LogP contribution < -0.4 is 0 Å². The van der Waals surface area contributed by atoms with Gasteiger partial charge in [-0.3, -0.25) is 4.79 Å². The molecule has 0 fully saturated rings. The van der Waals surface area contributed by atoms with Gasteiger partial charge in [0.05, 0.1) is 11.5 Å². The van der Waals surface area contributed by atoms with Crippen molar-refractivity contribution in [2.45, 2.75) is 13.8 Å². The molecule has 0 heterocycles. The van der Waals surface area contributed by atoms with Crippen molar-refractivity contribution >= 4 is 23.1 Å². The van der Waals surface area contributed by atoms with E-state index in [1.165, 1.54) is 13.8 Å². The van der Waals surface area contributed by atoms with Gasteiger partial charge in [0.25, 0.3) is 0 Å². The van der Waals surface area contributed by atoms with Crippen LogP contribution in [0.5, 0.6) is 0 Å². The topological polar surface area (TPSA) is 61.2 Å². The summed E-state index contributed by atoms with van der Waals surface area (Å²) >= 11 is 5.28. The van der Waals surface area contributed by atoms with E-state index in [2.05, 4.69) is 0 Å². The third-order valence-electron chi connectivity index (χ3n) is 1.14. The molecule has 0 aliphatic heterocycles. The maximum atomic E-state index is 10.8. The van der Waals surface area contributed by atoms with Crippen molar-refractivity contribution in [3.8, 4) is 0 Å². The number of hydrogen-bond donors (Lipinski definition) is 2. The van der Waals surface area contributed by atoms with Crippen LogP contribution in [0.15, 0.2) is 11.3 Å². The fourth-order valence-electron chi connectivity index (χ4n) is 0.750. The molecular weight excluding hydrogens is 166 g/mol. The standard InChI is InChI=1S/C7H10ClNO2/c1-4(9)7(5(2)10)6(11)3-8/h9,11H,3H2,1-2H3/b7-6-,9-4?. The Bertz CT molecular complexity index is 204. The molecular formula is C7H10ClNO2. The van der Waals surface area contributed by atoms with Crippen LogP contribution >= 0.6 is 11.6 Å². The molecule has 0 saturated carbocycles. The number of hydrogen-bond acceptors (Lipinski definition) is 3. The molecule has 62 valence electrons. The number of carbonyl (C=O) groups is 1. The second-order valence-corrected chi connectivity index (χ2v) is 2.40. The van der Waals surface area contributed by atoms with Gasteiger partial charge in [-0.15, -0.1) is 11.6 Å². The van der Waals surface area contributed by atoms with E-state index in [1.807, 2.05) is 0 Å². The Balaban J connectivity index is 4.88. The fourth-order valence-corrected chi connectivity index (χ4v) is 0.884. The minimum absolute atomic E-state index is 0.0139. The summed E-state index contributed by atoms with van der Waals surface area (Å²) in [5.74, 6) is -0.701. The van der Waals surface area contributed by atoms with Gasteiger partial charge in [-0.05, 0) is 13.8 Å². The lowest BCUT2D eigenvalue weighted by atomic mass is 10.1. The summed E-state index contributed by atoms with van der Waals surface area (Å²) in [5, 5.41) is 16.2. The van der Waals surface area contributed by atoms with Gasteiger partial charge >= 0.3 is 0 Å². The zero-order valence-electron chi connectivity index (χ0n) is 6.44. The molecule has 0 rings (SSSR count). The lowest BCUT2D eigenvalue weighted by Crippen LogP contribution is -2.09. The number of halogens is 1. The molecule has 0 aliphatic carbocycles. The Morgan fingerprint density at radius 3 is 2.09 bits per heavy atom. The lowest BCUT2D eigenvalue weighted by Gasteiger charge is -2.02. The van der Waals surface area contributed by atoms with Crippen molar-refractivity contribution < 1.29 is 9.90 Å². The van der Waals surface area contributed by atoms with E-state index in [0.717, 1.165) is 0 Å². The van der Waals surface area contributed by atoms with Gasteiger partial charge < -0.3 is 10.5 Å². The second kappa shape index (κ2) is 4.13. The van der Waals surface area contributed by atoms with Crippen molar-refractivity contribution in [2.75, 3.05) is 5.88 Å². The summed E-state index contributed by atoms with van der Waals surface area (Å²) < 4.78 is 0. The smallest absolute Gasteiger partial charge is 0.165 e. The highest BCUT2D eigenvalue weighted by molar-refractivity contribution is 6.23. The van der Waals surface area contributed by atoms with Gasteiger partial charge in [0.1, 0.15) is 5.76 Å². The number of aliphatic hydroxyl groups excluding tert-OH is 1. The maximum Gasteiger partial charge on any atom is 0.165 e. The van der Waals surface area contributed by atoms with Crippen LogP contribution in [0, 0.1) is 5.41 Å². The van der Waals surface area contributed by atoms with Crippen molar-refractivity contribution in [3.63, 3.8) is 0 Å². The molecule has 0 aromatic carbocycles. The van der Waals surface area contributed by atoms with Gasteiger partial charge in [-0.25, -0.2) is 0 Å². The lowest BCUT2D eigenvalue weighted by molar-refractivity contribution is -0.113. The van der Waals surface area contributed by atoms with E-state index in [9.17, 15) is 4.79 Å². The predicted octanol–water partition coefficient (Wildman–Crippen LogP) is 1.67. The third kappa shape index (κ3) is 2.72. The SMILES string of the molecule is CC(=N)/C(C(C)=O)=C(/O)CCl. The summed E-state index contributed by atoms with van der Waals surface area (Å²) in [6.45, 7) is 2.72. The van der Waals surface area contributed by atoms with Crippen LogP contribution in [0.2, 0.25) is 0 Å². The number of nitrogens with one attached hydrogen (secondary N) is 1. The molecule has 4 heteroatoms. The van der Waals surface area contributed by atoms with Gasteiger partial charge in [0.15, 0.2) is 5.78 Å². The first-order valence-corrected chi connectivity index (χ1v) is 3.58. The van der Waals surface area contributed by atoms with E-state index < -0.39 is 0 Å².